The summed E-state index contributed by atoms with van der Waals surface area (Å²) in [6.45, 7) is 3.78. The van der Waals surface area contributed by atoms with Crippen molar-refractivity contribution < 1.29 is 4.79 Å². The number of carbonyl (C=O) groups excluding carboxylic acids is 1. The Kier molecular flexibility index (Phi) is 4.39. The van der Waals surface area contributed by atoms with Crippen molar-refractivity contribution in [2.75, 3.05) is 23.7 Å². The summed E-state index contributed by atoms with van der Waals surface area (Å²) in [6.07, 6.45) is 2.62. The van der Waals surface area contributed by atoms with Crippen LogP contribution in [0.5, 0.6) is 0 Å². The second kappa shape index (κ2) is 6.23. The number of rotatable bonds is 6. The van der Waals surface area contributed by atoms with Crippen molar-refractivity contribution in [3.05, 3.63) is 18.2 Å². The molecule has 0 spiro atoms. The van der Waals surface area contributed by atoms with Gasteiger partial charge in [0.1, 0.15) is 11.6 Å². The van der Waals surface area contributed by atoms with Crippen molar-refractivity contribution in [1.29, 1.82) is 0 Å². The van der Waals surface area contributed by atoms with Crippen LogP contribution >= 0.6 is 0 Å². The van der Waals surface area contributed by atoms with Crippen LogP contribution in [0.4, 0.5) is 11.6 Å². The van der Waals surface area contributed by atoms with Crippen LogP contribution in [0.25, 0.3) is 0 Å². The SMILES string of the molecule is CCCNc1cccc(NCC2CCC(=O)N2)n1. The lowest BCUT2D eigenvalue weighted by Crippen LogP contribution is -2.32. The first-order valence-electron chi connectivity index (χ1n) is 6.52. The second-order valence-electron chi connectivity index (χ2n) is 4.52. The molecule has 0 saturated carbocycles. The van der Waals surface area contributed by atoms with Gasteiger partial charge in [-0.2, -0.15) is 0 Å². The first-order chi connectivity index (χ1) is 8.78. The van der Waals surface area contributed by atoms with Crippen LogP contribution in [0.15, 0.2) is 18.2 Å². The van der Waals surface area contributed by atoms with Crippen LogP contribution in [-0.4, -0.2) is 30.0 Å². The van der Waals surface area contributed by atoms with E-state index in [2.05, 4.69) is 27.9 Å². The fourth-order valence-corrected chi connectivity index (χ4v) is 1.94. The van der Waals surface area contributed by atoms with Crippen LogP contribution in [0.2, 0.25) is 0 Å². The summed E-state index contributed by atoms with van der Waals surface area (Å²) in [4.78, 5) is 15.5. The standard InChI is InChI=1S/C13H20N4O/c1-2-8-14-11-4-3-5-12(17-11)15-9-10-6-7-13(18)16-10/h3-5,10H,2,6-9H2,1H3,(H,16,18)(H2,14,15,17). The topological polar surface area (TPSA) is 66.0 Å². The number of carbonyl (C=O) groups is 1. The molecule has 2 rings (SSSR count). The van der Waals surface area contributed by atoms with Crippen molar-refractivity contribution >= 4 is 17.5 Å². The van der Waals surface area contributed by atoms with E-state index in [4.69, 9.17) is 0 Å². The molecule has 1 aliphatic rings. The summed E-state index contributed by atoms with van der Waals surface area (Å²) in [5, 5.41) is 9.44. The Hall–Kier alpha value is -1.78. The zero-order valence-electron chi connectivity index (χ0n) is 10.7. The van der Waals surface area contributed by atoms with Gasteiger partial charge in [-0.3, -0.25) is 4.79 Å². The van der Waals surface area contributed by atoms with E-state index < -0.39 is 0 Å². The van der Waals surface area contributed by atoms with Gasteiger partial charge in [0.05, 0.1) is 0 Å². The molecule has 1 aromatic rings. The summed E-state index contributed by atoms with van der Waals surface area (Å²) >= 11 is 0. The average molecular weight is 248 g/mol. The molecule has 1 atom stereocenters. The van der Waals surface area contributed by atoms with Gasteiger partial charge < -0.3 is 16.0 Å². The molecular formula is C13H20N4O. The number of amides is 1. The van der Waals surface area contributed by atoms with Crippen LogP contribution in [0.3, 0.4) is 0 Å². The van der Waals surface area contributed by atoms with E-state index in [9.17, 15) is 4.79 Å². The monoisotopic (exact) mass is 248 g/mol. The minimum absolute atomic E-state index is 0.146. The number of pyridine rings is 1. The smallest absolute Gasteiger partial charge is 0.220 e. The number of aromatic nitrogens is 1. The highest BCUT2D eigenvalue weighted by molar-refractivity contribution is 5.78. The van der Waals surface area contributed by atoms with Crippen molar-refractivity contribution in [3.8, 4) is 0 Å². The lowest BCUT2D eigenvalue weighted by molar-refractivity contribution is -0.119. The van der Waals surface area contributed by atoms with Gasteiger partial charge in [-0.15, -0.1) is 0 Å². The highest BCUT2D eigenvalue weighted by Crippen LogP contribution is 2.11. The lowest BCUT2D eigenvalue weighted by Gasteiger charge is -2.12. The average Bonchev–Trinajstić information content (AvgIpc) is 2.80. The third kappa shape index (κ3) is 3.61. The third-order valence-electron chi connectivity index (χ3n) is 2.92. The second-order valence-corrected chi connectivity index (χ2v) is 4.52. The quantitative estimate of drug-likeness (QED) is 0.715. The van der Waals surface area contributed by atoms with Crippen molar-refractivity contribution in [3.63, 3.8) is 0 Å². The van der Waals surface area contributed by atoms with Gasteiger partial charge in [0, 0.05) is 25.6 Å². The molecule has 1 fully saturated rings. The van der Waals surface area contributed by atoms with E-state index in [1.165, 1.54) is 0 Å². The zero-order chi connectivity index (χ0) is 12.8. The van der Waals surface area contributed by atoms with Gasteiger partial charge in [0.25, 0.3) is 0 Å². The molecule has 2 heterocycles. The Morgan fingerprint density at radius 1 is 1.39 bits per heavy atom. The minimum Gasteiger partial charge on any atom is -0.370 e. The lowest BCUT2D eigenvalue weighted by atomic mass is 10.2. The van der Waals surface area contributed by atoms with E-state index in [0.717, 1.165) is 37.6 Å². The third-order valence-corrected chi connectivity index (χ3v) is 2.92. The van der Waals surface area contributed by atoms with Crippen molar-refractivity contribution in [2.45, 2.75) is 32.2 Å². The Morgan fingerprint density at radius 3 is 2.83 bits per heavy atom. The normalized spacial score (nSPS) is 18.5. The van der Waals surface area contributed by atoms with E-state index in [0.29, 0.717) is 6.42 Å². The van der Waals surface area contributed by atoms with Crippen molar-refractivity contribution in [2.24, 2.45) is 0 Å². The fraction of sp³-hybridized carbons (Fsp3) is 0.538. The molecule has 1 aromatic heterocycles. The van der Waals surface area contributed by atoms with E-state index in [-0.39, 0.29) is 11.9 Å². The molecule has 98 valence electrons. The molecule has 0 aliphatic carbocycles. The van der Waals surface area contributed by atoms with Gasteiger partial charge in [-0.25, -0.2) is 4.98 Å². The number of hydrogen-bond acceptors (Lipinski definition) is 4. The maximum atomic E-state index is 11.1. The molecule has 0 radical (unpaired) electrons. The van der Waals surface area contributed by atoms with Crippen LogP contribution in [0, 0.1) is 0 Å². The molecule has 1 amide bonds. The molecule has 0 aromatic carbocycles. The van der Waals surface area contributed by atoms with E-state index >= 15 is 0 Å². The molecule has 1 aliphatic heterocycles. The summed E-state index contributed by atoms with van der Waals surface area (Å²) in [6, 6.07) is 6.10. The molecule has 5 nitrogen and oxygen atoms in total. The number of nitrogens with one attached hydrogen (secondary N) is 3. The molecule has 3 N–H and O–H groups in total. The predicted molar refractivity (Wildman–Crippen MR) is 72.7 cm³/mol. The molecule has 1 saturated heterocycles. The highest BCUT2D eigenvalue weighted by Gasteiger charge is 2.20. The van der Waals surface area contributed by atoms with Gasteiger partial charge in [0.15, 0.2) is 0 Å². The summed E-state index contributed by atoms with van der Waals surface area (Å²) in [5.74, 6) is 1.88. The Morgan fingerprint density at radius 2 is 2.17 bits per heavy atom. The predicted octanol–water partition coefficient (Wildman–Crippen LogP) is 1.59. The Bertz CT molecular complexity index is 408. The van der Waals surface area contributed by atoms with Crippen LogP contribution in [-0.2, 0) is 4.79 Å². The molecular weight excluding hydrogens is 228 g/mol. The summed E-state index contributed by atoms with van der Waals surface area (Å²) in [5.41, 5.74) is 0. The van der Waals surface area contributed by atoms with Crippen LogP contribution < -0.4 is 16.0 Å². The minimum atomic E-state index is 0.146. The van der Waals surface area contributed by atoms with Crippen LogP contribution in [0.1, 0.15) is 26.2 Å². The number of anilines is 2. The maximum absolute atomic E-state index is 11.1. The summed E-state index contributed by atoms with van der Waals surface area (Å²) < 4.78 is 0. The van der Waals surface area contributed by atoms with Gasteiger partial charge >= 0.3 is 0 Å². The molecule has 5 heteroatoms. The largest absolute Gasteiger partial charge is 0.370 e. The van der Waals surface area contributed by atoms with Gasteiger partial charge in [0.2, 0.25) is 5.91 Å². The van der Waals surface area contributed by atoms with E-state index in [1.54, 1.807) is 0 Å². The van der Waals surface area contributed by atoms with Gasteiger partial charge in [-0.1, -0.05) is 13.0 Å². The highest BCUT2D eigenvalue weighted by atomic mass is 16.1. The number of nitrogens with zero attached hydrogens (tertiary/aromatic N) is 1. The first-order valence-corrected chi connectivity index (χ1v) is 6.52. The van der Waals surface area contributed by atoms with Gasteiger partial charge in [-0.05, 0) is 25.0 Å². The Labute approximate surface area is 107 Å². The first kappa shape index (κ1) is 12.7. The molecule has 1 unspecified atom stereocenters. The van der Waals surface area contributed by atoms with E-state index in [1.807, 2.05) is 18.2 Å². The maximum Gasteiger partial charge on any atom is 0.220 e. The molecule has 18 heavy (non-hydrogen) atoms. The molecule has 0 bridgehead atoms. The van der Waals surface area contributed by atoms with Crippen molar-refractivity contribution in [1.82, 2.24) is 10.3 Å². The number of hydrogen-bond donors (Lipinski definition) is 3. The zero-order valence-corrected chi connectivity index (χ0v) is 10.7. The fourth-order valence-electron chi connectivity index (χ4n) is 1.94. The Balaban J connectivity index is 1.83. The summed E-state index contributed by atoms with van der Waals surface area (Å²) in [7, 11) is 0.